The van der Waals surface area contributed by atoms with Crippen molar-refractivity contribution in [3.8, 4) is 11.5 Å². The van der Waals surface area contributed by atoms with E-state index in [2.05, 4.69) is 15.5 Å². The largest absolute Gasteiger partial charge is 0.486 e. The molecule has 3 rings (SSSR count). The molecule has 0 radical (unpaired) electrons. The molecule has 1 aliphatic rings. The fourth-order valence-corrected chi connectivity index (χ4v) is 2.40. The van der Waals surface area contributed by atoms with Gasteiger partial charge in [0.25, 0.3) is 0 Å². The van der Waals surface area contributed by atoms with Gasteiger partial charge in [-0.15, -0.1) is 0 Å². The van der Waals surface area contributed by atoms with Gasteiger partial charge >= 0.3 is 0 Å². The fraction of sp³-hybridized carbons (Fsp3) is 0.438. The zero-order chi connectivity index (χ0) is 16.2. The number of benzene rings is 1. The lowest BCUT2D eigenvalue weighted by Crippen LogP contribution is -2.25. The summed E-state index contributed by atoms with van der Waals surface area (Å²) < 4.78 is 11.0. The highest BCUT2D eigenvalue weighted by atomic mass is 16.6. The van der Waals surface area contributed by atoms with Gasteiger partial charge < -0.3 is 14.8 Å². The lowest BCUT2D eigenvalue weighted by molar-refractivity contribution is -0.120. The summed E-state index contributed by atoms with van der Waals surface area (Å²) in [5, 5.41) is 11.5. The number of nitrogens with zero attached hydrogens (tertiary/aromatic N) is 3. The second kappa shape index (κ2) is 6.68. The van der Waals surface area contributed by atoms with Crippen LogP contribution in [0, 0.1) is 6.92 Å². The van der Waals surface area contributed by atoms with E-state index >= 15 is 0 Å². The van der Waals surface area contributed by atoms with Gasteiger partial charge in [0.15, 0.2) is 11.5 Å². The van der Waals surface area contributed by atoms with Crippen molar-refractivity contribution in [2.24, 2.45) is 0 Å². The van der Waals surface area contributed by atoms with Gasteiger partial charge in [0, 0.05) is 0 Å². The van der Waals surface area contributed by atoms with Gasteiger partial charge in [0.1, 0.15) is 18.9 Å². The molecule has 1 aliphatic heterocycles. The third-order valence-electron chi connectivity index (χ3n) is 3.63. The lowest BCUT2D eigenvalue weighted by Gasteiger charge is -2.18. The van der Waals surface area contributed by atoms with Gasteiger partial charge in [-0.3, -0.25) is 4.79 Å². The maximum Gasteiger partial charge on any atom is 0.224 e. The summed E-state index contributed by atoms with van der Waals surface area (Å²) in [6.45, 7) is 6.06. The molecule has 0 unspecified atom stereocenters. The highest BCUT2D eigenvalue weighted by Crippen LogP contribution is 2.30. The molecule has 0 spiro atoms. The van der Waals surface area contributed by atoms with E-state index in [1.54, 1.807) is 4.80 Å². The highest BCUT2D eigenvalue weighted by molar-refractivity contribution is 5.78. The van der Waals surface area contributed by atoms with E-state index in [-0.39, 0.29) is 12.3 Å². The van der Waals surface area contributed by atoms with E-state index in [1.165, 1.54) is 0 Å². The maximum atomic E-state index is 12.1. The zero-order valence-electron chi connectivity index (χ0n) is 13.3. The van der Waals surface area contributed by atoms with Gasteiger partial charge in [0.2, 0.25) is 5.91 Å². The van der Waals surface area contributed by atoms with Crippen LogP contribution in [-0.4, -0.2) is 34.1 Å². The third kappa shape index (κ3) is 3.61. The molecule has 7 heteroatoms. The fourth-order valence-electron chi connectivity index (χ4n) is 2.40. The average molecular weight is 316 g/mol. The van der Waals surface area contributed by atoms with Crippen molar-refractivity contribution in [2.45, 2.75) is 33.4 Å². The summed E-state index contributed by atoms with van der Waals surface area (Å²) in [5.41, 5.74) is 2.52. The number of fused-ring (bicyclic) bond motifs is 1. The predicted molar refractivity (Wildman–Crippen MR) is 83.4 cm³/mol. The van der Waals surface area contributed by atoms with Gasteiger partial charge in [-0.1, -0.05) is 6.07 Å². The molecule has 1 aromatic carbocycles. The first-order chi connectivity index (χ1) is 11.2. The lowest BCUT2D eigenvalue weighted by atomic mass is 10.1. The van der Waals surface area contributed by atoms with Crippen molar-refractivity contribution in [1.82, 2.24) is 20.3 Å². The minimum Gasteiger partial charge on any atom is -0.486 e. The van der Waals surface area contributed by atoms with Crippen LogP contribution in [0.1, 0.15) is 23.9 Å². The highest BCUT2D eigenvalue weighted by Gasteiger charge is 2.14. The summed E-state index contributed by atoms with van der Waals surface area (Å²) in [4.78, 5) is 13.7. The van der Waals surface area contributed by atoms with Gasteiger partial charge in [0.05, 0.1) is 25.2 Å². The van der Waals surface area contributed by atoms with E-state index in [0.717, 1.165) is 22.7 Å². The zero-order valence-corrected chi connectivity index (χ0v) is 13.3. The van der Waals surface area contributed by atoms with Crippen LogP contribution in [0.25, 0.3) is 0 Å². The summed E-state index contributed by atoms with van der Waals surface area (Å²) in [6, 6.07) is 5.58. The van der Waals surface area contributed by atoms with Gasteiger partial charge in [-0.25, -0.2) is 0 Å². The SMILES string of the molecule is CCn1nc(C)c(CNC(=O)Cc2ccc3c(c2)OCCO3)n1. The molecule has 2 aromatic rings. The second-order valence-corrected chi connectivity index (χ2v) is 5.35. The Balaban J connectivity index is 1.57. The summed E-state index contributed by atoms with van der Waals surface area (Å²) >= 11 is 0. The van der Waals surface area contributed by atoms with Crippen LogP contribution in [0.4, 0.5) is 0 Å². The minimum absolute atomic E-state index is 0.0628. The monoisotopic (exact) mass is 316 g/mol. The van der Waals surface area contributed by atoms with Crippen LogP contribution in [0.2, 0.25) is 0 Å². The molecule has 0 atom stereocenters. The second-order valence-electron chi connectivity index (χ2n) is 5.35. The number of hydrogen-bond acceptors (Lipinski definition) is 5. The summed E-state index contributed by atoms with van der Waals surface area (Å²) in [5.74, 6) is 1.36. The molecule has 0 bridgehead atoms. The predicted octanol–water partition coefficient (Wildman–Crippen LogP) is 1.24. The molecular formula is C16H20N4O3. The summed E-state index contributed by atoms with van der Waals surface area (Å²) in [7, 11) is 0. The molecule has 23 heavy (non-hydrogen) atoms. The standard InChI is InChI=1S/C16H20N4O3/c1-3-20-18-11(2)13(19-20)10-17-16(21)9-12-4-5-14-15(8-12)23-7-6-22-14/h4-5,8H,3,6-7,9-10H2,1-2H3,(H,17,21). The molecule has 2 heterocycles. The Hall–Kier alpha value is -2.57. The summed E-state index contributed by atoms with van der Waals surface area (Å²) in [6.07, 6.45) is 0.289. The Kier molecular flexibility index (Phi) is 4.45. The van der Waals surface area contributed by atoms with Gasteiger partial charge in [-0.2, -0.15) is 15.0 Å². The number of aromatic nitrogens is 3. The first kappa shape index (κ1) is 15.3. The van der Waals surface area contributed by atoms with Crippen LogP contribution in [-0.2, 0) is 24.3 Å². The van der Waals surface area contributed by atoms with Crippen LogP contribution >= 0.6 is 0 Å². The molecular weight excluding hydrogens is 296 g/mol. The molecule has 0 saturated carbocycles. The third-order valence-corrected chi connectivity index (χ3v) is 3.63. The number of ether oxygens (including phenoxy) is 2. The van der Waals surface area contributed by atoms with E-state index in [1.807, 2.05) is 32.0 Å². The van der Waals surface area contributed by atoms with Crippen LogP contribution in [0.15, 0.2) is 18.2 Å². The quantitative estimate of drug-likeness (QED) is 0.898. The Morgan fingerprint density at radius 3 is 2.78 bits per heavy atom. The molecule has 7 nitrogen and oxygen atoms in total. The maximum absolute atomic E-state index is 12.1. The number of amides is 1. The molecule has 0 aliphatic carbocycles. The first-order valence-corrected chi connectivity index (χ1v) is 7.71. The Labute approximate surface area is 134 Å². The van der Waals surface area contributed by atoms with Crippen molar-refractivity contribution in [2.75, 3.05) is 13.2 Å². The van der Waals surface area contributed by atoms with E-state index in [9.17, 15) is 4.79 Å². The number of carbonyl (C=O) groups excluding carboxylic acids is 1. The molecule has 0 fully saturated rings. The normalized spacial score (nSPS) is 13.0. The number of nitrogens with one attached hydrogen (secondary N) is 1. The molecule has 122 valence electrons. The molecule has 1 aromatic heterocycles. The van der Waals surface area contributed by atoms with Crippen molar-refractivity contribution in [3.05, 3.63) is 35.2 Å². The number of rotatable bonds is 5. The van der Waals surface area contributed by atoms with E-state index < -0.39 is 0 Å². The van der Waals surface area contributed by atoms with Crippen molar-refractivity contribution in [3.63, 3.8) is 0 Å². The Morgan fingerprint density at radius 2 is 2.04 bits per heavy atom. The van der Waals surface area contributed by atoms with Crippen molar-refractivity contribution < 1.29 is 14.3 Å². The Morgan fingerprint density at radius 1 is 1.26 bits per heavy atom. The van der Waals surface area contributed by atoms with Crippen LogP contribution in [0.5, 0.6) is 11.5 Å². The minimum atomic E-state index is -0.0628. The molecule has 1 N–H and O–H groups in total. The Bertz CT molecular complexity index is 711. The number of hydrogen-bond donors (Lipinski definition) is 1. The van der Waals surface area contributed by atoms with Crippen LogP contribution < -0.4 is 14.8 Å². The average Bonchev–Trinajstić information content (AvgIpc) is 2.93. The van der Waals surface area contributed by atoms with Gasteiger partial charge in [-0.05, 0) is 31.5 Å². The molecule has 1 amide bonds. The van der Waals surface area contributed by atoms with Crippen molar-refractivity contribution in [1.29, 1.82) is 0 Å². The first-order valence-electron chi connectivity index (χ1n) is 7.71. The van der Waals surface area contributed by atoms with Crippen LogP contribution in [0.3, 0.4) is 0 Å². The van der Waals surface area contributed by atoms with Crippen molar-refractivity contribution >= 4 is 5.91 Å². The van der Waals surface area contributed by atoms with E-state index in [0.29, 0.717) is 32.1 Å². The number of aryl methyl sites for hydroxylation is 2. The topological polar surface area (TPSA) is 78.3 Å². The van der Waals surface area contributed by atoms with E-state index in [4.69, 9.17) is 9.47 Å². The number of carbonyl (C=O) groups is 1. The smallest absolute Gasteiger partial charge is 0.224 e. The molecule has 0 saturated heterocycles.